The Bertz CT molecular complexity index is 781. The number of hydrogen-bond acceptors (Lipinski definition) is 11. The summed E-state index contributed by atoms with van der Waals surface area (Å²) in [6.07, 6.45) is -3.13. The number of aromatic nitrogens is 2. The van der Waals surface area contributed by atoms with Gasteiger partial charge in [-0.25, -0.2) is 19.9 Å². The van der Waals surface area contributed by atoms with Gasteiger partial charge in [-0.05, 0) is 5.92 Å². The number of fused-ring (bicyclic) bond motifs is 1. The highest BCUT2D eigenvalue weighted by Gasteiger charge is 2.55. The molecule has 1 aromatic heterocycles. The van der Waals surface area contributed by atoms with Crippen molar-refractivity contribution in [3.05, 3.63) is 22.7 Å². The van der Waals surface area contributed by atoms with Crippen LogP contribution in [0.4, 0.5) is 10.6 Å². The zero-order valence-corrected chi connectivity index (χ0v) is 14.6. The Hall–Kier alpha value is -2.70. The van der Waals surface area contributed by atoms with E-state index < -0.39 is 55.0 Å². The molecule has 27 heavy (non-hydrogen) atoms. The van der Waals surface area contributed by atoms with E-state index in [2.05, 4.69) is 10.5 Å². The fourth-order valence-electron chi connectivity index (χ4n) is 2.70. The summed E-state index contributed by atoms with van der Waals surface area (Å²) >= 11 is 0. The molecule has 4 N–H and O–H groups in total. The summed E-state index contributed by atoms with van der Waals surface area (Å²) in [4.78, 5) is 43.9. The molecule has 0 bridgehead atoms. The van der Waals surface area contributed by atoms with Gasteiger partial charge in [-0.2, -0.15) is 4.98 Å². The minimum atomic E-state index is -1.01. The number of rotatable bonds is 6. The normalized spacial score (nSPS) is 27.7. The fourth-order valence-corrected chi connectivity index (χ4v) is 2.70. The molecular formula is C15H20N4O8. The van der Waals surface area contributed by atoms with Gasteiger partial charge in [0.25, 0.3) is 0 Å². The quantitative estimate of drug-likeness (QED) is 0.402. The molecule has 2 aliphatic rings. The van der Waals surface area contributed by atoms with Gasteiger partial charge < -0.3 is 29.9 Å². The van der Waals surface area contributed by atoms with Gasteiger partial charge in [0, 0.05) is 12.3 Å². The van der Waals surface area contributed by atoms with E-state index in [9.17, 15) is 19.5 Å². The number of aliphatic hydroxyl groups excluding tert-OH is 1. The number of aliphatic hydroxyl groups is 1. The van der Waals surface area contributed by atoms with Crippen LogP contribution in [-0.2, 0) is 23.8 Å². The van der Waals surface area contributed by atoms with Crippen LogP contribution >= 0.6 is 0 Å². The van der Waals surface area contributed by atoms with Crippen LogP contribution < -0.4 is 16.9 Å². The SMILES string of the molecule is CC(C)[C@H](N)C(=O)ONc1ccn([C@@H]2O[C@H](CO)[C@H]3OC(=O)O[C@H]32)c(=O)n1. The van der Waals surface area contributed by atoms with Gasteiger partial charge in [-0.15, -0.1) is 0 Å². The van der Waals surface area contributed by atoms with Gasteiger partial charge in [0.1, 0.15) is 12.1 Å². The van der Waals surface area contributed by atoms with E-state index in [-0.39, 0.29) is 11.7 Å². The lowest BCUT2D eigenvalue weighted by atomic mass is 10.1. The molecule has 2 saturated heterocycles. The minimum absolute atomic E-state index is 0.0199. The van der Waals surface area contributed by atoms with E-state index in [0.29, 0.717) is 0 Å². The van der Waals surface area contributed by atoms with Gasteiger partial charge in [0.15, 0.2) is 24.3 Å². The number of carbonyl (C=O) groups is 2. The molecule has 12 nitrogen and oxygen atoms in total. The summed E-state index contributed by atoms with van der Waals surface area (Å²) in [6.45, 7) is 3.11. The van der Waals surface area contributed by atoms with Gasteiger partial charge in [-0.3, -0.25) is 4.57 Å². The summed E-state index contributed by atoms with van der Waals surface area (Å²) in [6, 6.07) is 0.534. The summed E-state index contributed by atoms with van der Waals surface area (Å²) in [7, 11) is 0. The molecule has 2 fully saturated rings. The molecule has 3 heterocycles. The Kier molecular flexibility index (Phi) is 5.30. The maximum Gasteiger partial charge on any atom is 0.509 e. The predicted octanol–water partition coefficient (Wildman–Crippen LogP) is -1.11. The van der Waals surface area contributed by atoms with Gasteiger partial charge in [0.05, 0.1) is 6.61 Å². The molecule has 12 heteroatoms. The lowest BCUT2D eigenvalue weighted by Crippen LogP contribution is -2.38. The fraction of sp³-hybridized carbons (Fsp3) is 0.600. The third-order valence-electron chi connectivity index (χ3n) is 4.28. The molecular weight excluding hydrogens is 364 g/mol. The van der Waals surface area contributed by atoms with E-state index in [1.54, 1.807) is 13.8 Å². The van der Waals surface area contributed by atoms with Crippen LogP contribution in [0, 0.1) is 5.92 Å². The molecule has 2 aliphatic heterocycles. The number of ether oxygens (including phenoxy) is 3. The molecule has 0 amide bonds. The second-order valence-electron chi connectivity index (χ2n) is 6.46. The minimum Gasteiger partial charge on any atom is -0.424 e. The van der Waals surface area contributed by atoms with Crippen molar-refractivity contribution in [2.75, 3.05) is 12.1 Å². The maximum absolute atomic E-state index is 12.3. The van der Waals surface area contributed by atoms with Gasteiger partial charge >= 0.3 is 17.8 Å². The van der Waals surface area contributed by atoms with Crippen LogP contribution in [0.1, 0.15) is 20.1 Å². The van der Waals surface area contributed by atoms with Crippen molar-refractivity contribution >= 4 is 17.9 Å². The van der Waals surface area contributed by atoms with Crippen LogP contribution in [0.25, 0.3) is 0 Å². The summed E-state index contributed by atoms with van der Waals surface area (Å²) in [5.41, 5.74) is 7.17. The monoisotopic (exact) mass is 384 g/mol. The molecule has 1 aromatic rings. The molecule has 0 aliphatic carbocycles. The number of hydrogen-bond donors (Lipinski definition) is 3. The number of anilines is 1. The van der Waals surface area contributed by atoms with Gasteiger partial charge in [-0.1, -0.05) is 13.8 Å². The lowest BCUT2D eigenvalue weighted by molar-refractivity contribution is -0.143. The highest BCUT2D eigenvalue weighted by atomic mass is 16.8. The molecule has 0 saturated carbocycles. The summed E-state index contributed by atoms with van der Waals surface area (Å²) in [5.74, 6) is -0.837. The van der Waals surface area contributed by atoms with Crippen molar-refractivity contribution in [3.8, 4) is 0 Å². The van der Waals surface area contributed by atoms with Gasteiger partial charge in [0.2, 0.25) is 0 Å². The maximum atomic E-state index is 12.3. The number of carbonyl (C=O) groups excluding carboxylic acids is 2. The third kappa shape index (κ3) is 3.72. The average Bonchev–Trinajstić information content (AvgIpc) is 3.16. The molecule has 0 radical (unpaired) electrons. The van der Waals surface area contributed by atoms with Crippen molar-refractivity contribution in [1.29, 1.82) is 0 Å². The van der Waals surface area contributed by atoms with E-state index in [0.717, 1.165) is 4.57 Å². The Labute approximate surface area is 153 Å². The van der Waals surface area contributed by atoms with Crippen LogP contribution in [0.3, 0.4) is 0 Å². The highest BCUT2D eigenvalue weighted by Crippen LogP contribution is 2.36. The Morgan fingerprint density at radius 1 is 1.41 bits per heavy atom. The smallest absolute Gasteiger partial charge is 0.424 e. The number of nitrogens with one attached hydrogen (secondary N) is 1. The van der Waals surface area contributed by atoms with E-state index in [4.69, 9.17) is 24.8 Å². The van der Waals surface area contributed by atoms with Crippen LogP contribution in [0.15, 0.2) is 17.1 Å². The molecule has 3 rings (SSSR count). The summed E-state index contributed by atoms with van der Waals surface area (Å²) < 4.78 is 16.6. The summed E-state index contributed by atoms with van der Waals surface area (Å²) in [5, 5.41) is 9.34. The van der Waals surface area contributed by atoms with E-state index in [1.165, 1.54) is 12.3 Å². The Balaban J connectivity index is 1.71. The molecule has 0 aromatic carbocycles. The first-order chi connectivity index (χ1) is 12.8. The molecule has 0 unspecified atom stereocenters. The van der Waals surface area contributed by atoms with Crippen molar-refractivity contribution in [2.45, 2.75) is 44.4 Å². The first-order valence-corrected chi connectivity index (χ1v) is 8.27. The van der Waals surface area contributed by atoms with Crippen molar-refractivity contribution in [3.63, 3.8) is 0 Å². The largest absolute Gasteiger partial charge is 0.509 e. The molecule has 148 valence electrons. The second-order valence-corrected chi connectivity index (χ2v) is 6.46. The number of nitrogens with zero attached hydrogens (tertiary/aromatic N) is 2. The molecule has 5 atom stereocenters. The third-order valence-corrected chi connectivity index (χ3v) is 4.28. The van der Waals surface area contributed by atoms with Crippen LogP contribution in [-0.4, -0.2) is 57.7 Å². The first-order valence-electron chi connectivity index (χ1n) is 8.27. The Morgan fingerprint density at radius 2 is 2.11 bits per heavy atom. The number of nitrogens with two attached hydrogens (primary N) is 1. The zero-order valence-electron chi connectivity index (χ0n) is 14.6. The zero-order chi connectivity index (χ0) is 19.7. The topological polar surface area (TPSA) is 164 Å². The van der Waals surface area contributed by atoms with E-state index in [1.807, 2.05) is 0 Å². The standard InChI is InChI=1S/C15H20N4O8/c1-6(2)9(16)13(21)27-18-8-3-4-19(14(22)17-8)12-11-10(7(5-20)24-12)25-15(23)26-11/h3-4,6-7,9-12,20H,5,16H2,1-2H3,(H,17,18,22)/t7-,9+,10-,11-,12-/m1/s1. The predicted molar refractivity (Wildman–Crippen MR) is 87.2 cm³/mol. The Morgan fingerprint density at radius 3 is 2.74 bits per heavy atom. The average molecular weight is 384 g/mol. The highest BCUT2D eigenvalue weighted by molar-refractivity contribution is 5.76. The van der Waals surface area contributed by atoms with Crippen LogP contribution in [0.5, 0.6) is 0 Å². The van der Waals surface area contributed by atoms with Crippen molar-refractivity contribution in [1.82, 2.24) is 9.55 Å². The first kappa shape index (κ1) is 19.1. The second kappa shape index (κ2) is 7.50. The van der Waals surface area contributed by atoms with E-state index >= 15 is 0 Å². The van der Waals surface area contributed by atoms with Crippen LogP contribution in [0.2, 0.25) is 0 Å². The molecule has 0 spiro atoms. The van der Waals surface area contributed by atoms with Crippen molar-refractivity contribution < 1.29 is 33.7 Å². The lowest BCUT2D eigenvalue weighted by Gasteiger charge is -2.18. The van der Waals surface area contributed by atoms with Crippen molar-refractivity contribution in [2.24, 2.45) is 11.7 Å².